The standard InChI is InChI=1S/C23H20INO3S/c1-17-11-13-19(14-12-17)29(26,27)25(15-18-7-3-2-4-8-18)23-20-9-5-6-10-22(20)28-16-21(23)24/h2-14H,15-16H2,1H3. The van der Waals surface area contributed by atoms with Gasteiger partial charge in [0.2, 0.25) is 0 Å². The lowest BCUT2D eigenvalue weighted by Crippen LogP contribution is -2.31. The van der Waals surface area contributed by atoms with Crippen molar-refractivity contribution in [3.8, 4) is 5.75 Å². The van der Waals surface area contributed by atoms with Gasteiger partial charge in [-0.2, -0.15) is 0 Å². The van der Waals surface area contributed by atoms with Gasteiger partial charge in [-0.05, 0) is 59.3 Å². The maximum atomic E-state index is 13.8. The quantitative estimate of drug-likeness (QED) is 0.427. The highest BCUT2D eigenvalue weighted by Gasteiger charge is 2.32. The van der Waals surface area contributed by atoms with Gasteiger partial charge in [-0.3, -0.25) is 4.31 Å². The van der Waals surface area contributed by atoms with Crippen molar-refractivity contribution in [2.75, 3.05) is 6.61 Å². The molecule has 1 aliphatic rings. The van der Waals surface area contributed by atoms with E-state index < -0.39 is 10.0 Å². The topological polar surface area (TPSA) is 46.6 Å². The van der Waals surface area contributed by atoms with Crippen LogP contribution in [0.15, 0.2) is 87.3 Å². The molecule has 1 heterocycles. The number of para-hydroxylation sites is 1. The molecule has 0 N–H and O–H groups in total. The first-order valence-corrected chi connectivity index (χ1v) is 11.7. The number of fused-ring (bicyclic) bond motifs is 1. The van der Waals surface area contributed by atoms with E-state index in [0.717, 1.165) is 20.3 Å². The molecule has 0 saturated carbocycles. The minimum absolute atomic E-state index is 0.243. The highest BCUT2D eigenvalue weighted by molar-refractivity contribution is 14.1. The molecular formula is C23H20INO3S. The number of sulfonamides is 1. The van der Waals surface area contributed by atoms with Crippen LogP contribution in [-0.4, -0.2) is 19.3 Å². The van der Waals surface area contributed by atoms with Crippen molar-refractivity contribution in [1.82, 2.24) is 4.31 Å². The Hall–Kier alpha value is -2.32. The van der Waals surface area contributed by atoms with Crippen molar-refractivity contribution in [2.45, 2.75) is 18.4 Å². The predicted octanol–water partition coefficient (Wildman–Crippen LogP) is 5.38. The first-order chi connectivity index (χ1) is 14.0. The highest BCUT2D eigenvalue weighted by Crippen LogP contribution is 2.40. The fourth-order valence-electron chi connectivity index (χ4n) is 3.28. The molecule has 0 unspecified atom stereocenters. The number of hydrogen-bond donors (Lipinski definition) is 0. The third-order valence-electron chi connectivity index (χ3n) is 4.78. The summed E-state index contributed by atoms with van der Waals surface area (Å²) in [7, 11) is -3.78. The Labute approximate surface area is 185 Å². The Kier molecular flexibility index (Phi) is 5.65. The lowest BCUT2D eigenvalue weighted by molar-refractivity contribution is 0.350. The van der Waals surface area contributed by atoms with E-state index in [1.807, 2.05) is 73.7 Å². The monoisotopic (exact) mass is 517 g/mol. The van der Waals surface area contributed by atoms with Crippen LogP contribution in [0.1, 0.15) is 16.7 Å². The molecule has 0 atom stereocenters. The molecule has 0 bridgehead atoms. The molecule has 0 aromatic heterocycles. The van der Waals surface area contributed by atoms with Gasteiger partial charge >= 0.3 is 0 Å². The second-order valence-corrected chi connectivity index (χ2v) is 10.0. The van der Waals surface area contributed by atoms with Crippen molar-refractivity contribution < 1.29 is 13.2 Å². The van der Waals surface area contributed by atoms with Crippen LogP contribution in [0.2, 0.25) is 0 Å². The number of nitrogens with zero attached hydrogens (tertiary/aromatic N) is 1. The van der Waals surface area contributed by atoms with Crippen LogP contribution in [0, 0.1) is 6.92 Å². The number of benzene rings is 3. The molecule has 0 aliphatic carbocycles. The summed E-state index contributed by atoms with van der Waals surface area (Å²) in [4.78, 5) is 0.278. The van der Waals surface area contributed by atoms with Gasteiger partial charge in [0.15, 0.2) is 0 Å². The SMILES string of the molecule is Cc1ccc(S(=O)(=O)N(Cc2ccccc2)C2=C(I)COc3ccccc32)cc1. The number of aryl methyl sites for hydroxylation is 1. The van der Waals surface area contributed by atoms with E-state index in [-0.39, 0.29) is 11.4 Å². The van der Waals surface area contributed by atoms with Gasteiger partial charge in [0.05, 0.1) is 20.7 Å². The average molecular weight is 517 g/mol. The third-order valence-corrected chi connectivity index (χ3v) is 7.36. The zero-order chi connectivity index (χ0) is 20.4. The van der Waals surface area contributed by atoms with Crippen molar-refractivity contribution in [1.29, 1.82) is 0 Å². The number of rotatable bonds is 5. The van der Waals surface area contributed by atoms with E-state index in [0.29, 0.717) is 18.1 Å². The van der Waals surface area contributed by atoms with Gasteiger partial charge in [-0.1, -0.05) is 60.2 Å². The predicted molar refractivity (Wildman–Crippen MR) is 123 cm³/mol. The molecule has 1 aliphatic heterocycles. The van der Waals surface area contributed by atoms with Gasteiger partial charge in [0.1, 0.15) is 12.4 Å². The average Bonchev–Trinajstić information content (AvgIpc) is 2.73. The number of hydrogen-bond acceptors (Lipinski definition) is 3. The Morgan fingerprint density at radius 3 is 2.31 bits per heavy atom. The summed E-state index contributed by atoms with van der Waals surface area (Å²) in [6.45, 7) is 2.53. The third kappa shape index (κ3) is 4.04. The van der Waals surface area contributed by atoms with Crippen LogP contribution in [0.25, 0.3) is 5.70 Å². The fraction of sp³-hybridized carbons (Fsp3) is 0.130. The zero-order valence-corrected chi connectivity index (χ0v) is 18.9. The van der Waals surface area contributed by atoms with E-state index in [2.05, 4.69) is 22.6 Å². The van der Waals surface area contributed by atoms with Crippen molar-refractivity contribution in [2.24, 2.45) is 0 Å². The number of ether oxygens (including phenoxy) is 1. The van der Waals surface area contributed by atoms with Gasteiger partial charge < -0.3 is 4.74 Å². The first-order valence-electron chi connectivity index (χ1n) is 9.21. The fourth-order valence-corrected chi connectivity index (χ4v) is 5.69. The Balaban J connectivity index is 1.88. The molecule has 4 nitrogen and oxygen atoms in total. The van der Waals surface area contributed by atoms with Crippen LogP contribution in [0.5, 0.6) is 5.75 Å². The smallest absolute Gasteiger partial charge is 0.264 e. The summed E-state index contributed by atoms with van der Waals surface area (Å²) in [6.07, 6.45) is 0. The minimum Gasteiger partial charge on any atom is -0.488 e. The molecule has 0 radical (unpaired) electrons. The summed E-state index contributed by atoms with van der Waals surface area (Å²) in [5.74, 6) is 0.695. The van der Waals surface area contributed by atoms with Crippen LogP contribution < -0.4 is 4.74 Å². The minimum atomic E-state index is -3.78. The second kappa shape index (κ2) is 8.20. The van der Waals surface area contributed by atoms with Crippen LogP contribution in [0.4, 0.5) is 0 Å². The summed E-state index contributed by atoms with van der Waals surface area (Å²) < 4.78 is 35.7. The summed E-state index contributed by atoms with van der Waals surface area (Å²) in [5.41, 5.74) is 3.40. The van der Waals surface area contributed by atoms with Crippen molar-refractivity contribution >= 4 is 38.3 Å². The summed E-state index contributed by atoms with van der Waals surface area (Å²) in [5, 5.41) is 0. The van der Waals surface area contributed by atoms with Crippen molar-refractivity contribution in [3.05, 3.63) is 99.1 Å². The van der Waals surface area contributed by atoms with E-state index >= 15 is 0 Å². The van der Waals surface area contributed by atoms with E-state index in [1.165, 1.54) is 4.31 Å². The molecule has 6 heteroatoms. The van der Waals surface area contributed by atoms with Gasteiger partial charge in [-0.25, -0.2) is 8.42 Å². The van der Waals surface area contributed by atoms with E-state index in [4.69, 9.17) is 4.74 Å². The molecule has 0 fully saturated rings. The molecule has 4 rings (SSSR count). The van der Waals surface area contributed by atoms with Crippen LogP contribution in [0.3, 0.4) is 0 Å². The molecule has 29 heavy (non-hydrogen) atoms. The maximum Gasteiger partial charge on any atom is 0.264 e. The molecule has 3 aromatic rings. The van der Waals surface area contributed by atoms with Gasteiger partial charge in [0.25, 0.3) is 10.0 Å². The number of halogens is 1. The van der Waals surface area contributed by atoms with E-state index in [9.17, 15) is 8.42 Å². The van der Waals surface area contributed by atoms with Gasteiger partial charge in [-0.15, -0.1) is 0 Å². The van der Waals surface area contributed by atoms with Crippen molar-refractivity contribution in [3.63, 3.8) is 0 Å². The molecule has 3 aromatic carbocycles. The van der Waals surface area contributed by atoms with Crippen LogP contribution in [-0.2, 0) is 16.6 Å². The van der Waals surface area contributed by atoms with Gasteiger partial charge in [0, 0.05) is 5.56 Å². The first kappa shape index (κ1) is 20.0. The second-order valence-electron chi connectivity index (χ2n) is 6.85. The molecule has 0 spiro atoms. The Morgan fingerprint density at radius 1 is 0.931 bits per heavy atom. The summed E-state index contributed by atoms with van der Waals surface area (Å²) in [6, 6.07) is 24.2. The Morgan fingerprint density at radius 2 is 1.59 bits per heavy atom. The summed E-state index contributed by atoms with van der Waals surface area (Å²) >= 11 is 2.19. The molecule has 0 amide bonds. The normalized spacial score (nSPS) is 13.6. The lowest BCUT2D eigenvalue weighted by atomic mass is 10.1. The Bertz CT molecular complexity index is 1160. The molecule has 148 valence electrons. The molecular weight excluding hydrogens is 497 g/mol. The van der Waals surface area contributed by atoms with E-state index in [1.54, 1.807) is 12.1 Å². The van der Waals surface area contributed by atoms with Crippen LogP contribution >= 0.6 is 22.6 Å². The molecule has 0 saturated heterocycles. The maximum absolute atomic E-state index is 13.8. The lowest BCUT2D eigenvalue weighted by Gasteiger charge is -2.32. The highest BCUT2D eigenvalue weighted by atomic mass is 127. The zero-order valence-electron chi connectivity index (χ0n) is 15.9. The largest absolute Gasteiger partial charge is 0.488 e.